The molecule has 3 rings (SSSR count). The Balaban J connectivity index is 0.00000363. The Bertz CT molecular complexity index is 926. The van der Waals surface area contributed by atoms with E-state index >= 15 is 0 Å². The molecule has 174 valence electrons. The Hall–Kier alpha value is -2.50. The van der Waals surface area contributed by atoms with Crippen LogP contribution in [0.1, 0.15) is 16.7 Å². The molecule has 1 aliphatic heterocycles. The number of carbonyl (C=O) groups is 1. The Morgan fingerprint density at radius 2 is 1.91 bits per heavy atom. The lowest BCUT2D eigenvalue weighted by Crippen LogP contribution is -2.45. The summed E-state index contributed by atoms with van der Waals surface area (Å²) in [5.74, 6) is 1.01. The van der Waals surface area contributed by atoms with Gasteiger partial charge < -0.3 is 20.3 Å². The van der Waals surface area contributed by atoms with Crippen molar-refractivity contribution in [3.63, 3.8) is 0 Å². The molecule has 10 heteroatoms. The van der Waals surface area contributed by atoms with Crippen molar-refractivity contribution in [3.05, 3.63) is 65.2 Å². The van der Waals surface area contributed by atoms with Crippen LogP contribution < -0.4 is 15.4 Å². The first kappa shape index (κ1) is 25.8. The van der Waals surface area contributed by atoms with E-state index in [1.54, 1.807) is 20.2 Å². The molecule has 2 aromatic carbocycles. The number of fused-ring (bicyclic) bond motifs is 1. The summed E-state index contributed by atoms with van der Waals surface area (Å²) < 4.78 is 44.7. The zero-order chi connectivity index (χ0) is 22.4. The van der Waals surface area contributed by atoms with Gasteiger partial charge >= 0.3 is 6.18 Å². The largest absolute Gasteiger partial charge is 0.488 e. The standard InChI is InChI=1S/C22H25F3N4O2.HI/c1-29(2)20(30)14-28-21(26-12-15-6-5-8-17(10-15)22(23,24)25)27-13-18-11-16-7-3-4-9-19(16)31-18;/h3-10,18H,11-14H2,1-2H3,(H2,26,27,28);1H. The van der Waals surface area contributed by atoms with Crippen LogP contribution in [0.3, 0.4) is 0 Å². The predicted octanol–water partition coefficient (Wildman–Crippen LogP) is 3.45. The molecule has 0 aromatic heterocycles. The van der Waals surface area contributed by atoms with Crippen LogP contribution in [0, 0.1) is 0 Å². The van der Waals surface area contributed by atoms with Crippen LogP contribution in [0.4, 0.5) is 13.2 Å². The van der Waals surface area contributed by atoms with E-state index in [0.29, 0.717) is 18.1 Å². The number of rotatable bonds is 6. The quantitative estimate of drug-likeness (QED) is 0.322. The SMILES string of the molecule is CN(C)C(=O)CNC(=NCc1cccc(C(F)(F)F)c1)NCC1Cc2ccccc2O1.I. The lowest BCUT2D eigenvalue weighted by atomic mass is 10.1. The molecule has 0 bridgehead atoms. The third-order valence-electron chi connectivity index (χ3n) is 4.79. The normalized spacial score (nSPS) is 15.3. The van der Waals surface area contributed by atoms with Gasteiger partial charge in [0.05, 0.1) is 25.2 Å². The van der Waals surface area contributed by atoms with Crippen molar-refractivity contribution >= 4 is 35.8 Å². The fourth-order valence-corrected chi connectivity index (χ4v) is 3.09. The van der Waals surface area contributed by atoms with Gasteiger partial charge in [0.2, 0.25) is 5.91 Å². The van der Waals surface area contributed by atoms with Gasteiger partial charge in [0, 0.05) is 20.5 Å². The first-order valence-corrected chi connectivity index (χ1v) is 9.85. The molecule has 1 amide bonds. The Kier molecular flexibility index (Phi) is 9.17. The molecular weight excluding hydrogens is 536 g/mol. The lowest BCUT2D eigenvalue weighted by Gasteiger charge is -2.17. The Morgan fingerprint density at radius 1 is 1.16 bits per heavy atom. The minimum absolute atomic E-state index is 0. The summed E-state index contributed by atoms with van der Waals surface area (Å²) >= 11 is 0. The summed E-state index contributed by atoms with van der Waals surface area (Å²) in [5.41, 5.74) is 0.814. The molecule has 0 aliphatic carbocycles. The van der Waals surface area contributed by atoms with E-state index in [1.165, 1.54) is 11.0 Å². The maximum Gasteiger partial charge on any atom is 0.416 e. The van der Waals surface area contributed by atoms with Crippen molar-refractivity contribution in [3.8, 4) is 5.75 Å². The minimum Gasteiger partial charge on any atom is -0.488 e. The summed E-state index contributed by atoms with van der Waals surface area (Å²) in [6, 6.07) is 12.8. The maximum atomic E-state index is 12.9. The van der Waals surface area contributed by atoms with Crippen LogP contribution in [0.25, 0.3) is 0 Å². The number of nitrogens with one attached hydrogen (secondary N) is 2. The van der Waals surface area contributed by atoms with Gasteiger partial charge in [-0.25, -0.2) is 4.99 Å². The van der Waals surface area contributed by atoms with Crippen LogP contribution in [0.5, 0.6) is 5.75 Å². The molecule has 1 heterocycles. The monoisotopic (exact) mass is 562 g/mol. The zero-order valence-corrected chi connectivity index (χ0v) is 20.1. The van der Waals surface area contributed by atoms with Gasteiger partial charge in [-0.1, -0.05) is 30.3 Å². The second-order valence-electron chi connectivity index (χ2n) is 7.44. The number of aliphatic imine (C=N–C) groups is 1. The first-order chi connectivity index (χ1) is 14.7. The zero-order valence-electron chi connectivity index (χ0n) is 17.8. The molecule has 1 atom stereocenters. The molecule has 0 saturated heterocycles. The van der Waals surface area contributed by atoms with E-state index in [-0.39, 0.29) is 49.1 Å². The molecule has 0 saturated carbocycles. The highest BCUT2D eigenvalue weighted by atomic mass is 127. The second kappa shape index (κ2) is 11.4. The van der Waals surface area contributed by atoms with Crippen LogP contribution in [0.2, 0.25) is 0 Å². The van der Waals surface area contributed by atoms with Gasteiger partial charge in [-0.05, 0) is 29.3 Å². The van der Waals surface area contributed by atoms with Gasteiger partial charge in [0.25, 0.3) is 0 Å². The van der Waals surface area contributed by atoms with Crippen molar-refractivity contribution in [2.45, 2.75) is 25.2 Å². The van der Waals surface area contributed by atoms with Crippen LogP contribution in [-0.2, 0) is 23.9 Å². The molecule has 0 spiro atoms. The fraction of sp³-hybridized carbons (Fsp3) is 0.364. The number of ether oxygens (including phenoxy) is 1. The highest BCUT2D eigenvalue weighted by molar-refractivity contribution is 14.0. The number of guanidine groups is 1. The number of alkyl halides is 3. The Morgan fingerprint density at radius 3 is 2.59 bits per heavy atom. The number of hydrogen-bond donors (Lipinski definition) is 2. The van der Waals surface area contributed by atoms with E-state index in [4.69, 9.17) is 4.74 Å². The fourth-order valence-electron chi connectivity index (χ4n) is 3.09. The highest BCUT2D eigenvalue weighted by Crippen LogP contribution is 2.30. The van der Waals surface area contributed by atoms with Gasteiger partial charge in [-0.3, -0.25) is 4.79 Å². The van der Waals surface area contributed by atoms with E-state index in [2.05, 4.69) is 15.6 Å². The molecule has 0 fully saturated rings. The number of carbonyl (C=O) groups excluding carboxylic acids is 1. The molecule has 6 nitrogen and oxygen atoms in total. The second-order valence-corrected chi connectivity index (χ2v) is 7.44. The topological polar surface area (TPSA) is 66.0 Å². The smallest absolute Gasteiger partial charge is 0.416 e. The molecule has 2 aromatic rings. The first-order valence-electron chi connectivity index (χ1n) is 9.85. The summed E-state index contributed by atoms with van der Waals surface area (Å²) in [5, 5.41) is 6.06. The molecule has 1 unspecified atom stereocenters. The number of nitrogens with zero attached hydrogens (tertiary/aromatic N) is 2. The van der Waals surface area contributed by atoms with Crippen molar-refractivity contribution in [1.29, 1.82) is 0 Å². The van der Waals surface area contributed by atoms with E-state index in [1.807, 2.05) is 24.3 Å². The number of halogens is 4. The number of para-hydroxylation sites is 1. The van der Waals surface area contributed by atoms with Crippen molar-refractivity contribution in [1.82, 2.24) is 15.5 Å². The summed E-state index contributed by atoms with van der Waals surface area (Å²) in [4.78, 5) is 17.7. The Labute approximate surface area is 202 Å². The van der Waals surface area contributed by atoms with E-state index < -0.39 is 11.7 Å². The van der Waals surface area contributed by atoms with Crippen LogP contribution >= 0.6 is 24.0 Å². The molecule has 32 heavy (non-hydrogen) atoms. The minimum atomic E-state index is -4.41. The third kappa shape index (κ3) is 7.28. The number of amides is 1. The predicted molar refractivity (Wildman–Crippen MR) is 127 cm³/mol. The summed E-state index contributed by atoms with van der Waals surface area (Å²) in [6.45, 7) is 0.466. The number of hydrogen-bond acceptors (Lipinski definition) is 3. The highest BCUT2D eigenvalue weighted by Gasteiger charge is 2.30. The molecule has 0 radical (unpaired) electrons. The van der Waals surface area contributed by atoms with Crippen LogP contribution in [-0.4, -0.2) is 50.1 Å². The van der Waals surface area contributed by atoms with Gasteiger partial charge in [-0.15, -0.1) is 24.0 Å². The average Bonchev–Trinajstić information content (AvgIpc) is 3.15. The lowest BCUT2D eigenvalue weighted by molar-refractivity contribution is -0.137. The van der Waals surface area contributed by atoms with Gasteiger partial charge in [0.1, 0.15) is 11.9 Å². The molecule has 2 N–H and O–H groups in total. The third-order valence-corrected chi connectivity index (χ3v) is 4.79. The van der Waals surface area contributed by atoms with Crippen molar-refractivity contribution in [2.75, 3.05) is 27.2 Å². The van der Waals surface area contributed by atoms with E-state index in [9.17, 15) is 18.0 Å². The summed E-state index contributed by atoms with van der Waals surface area (Å²) in [6.07, 6.45) is -3.78. The molecular formula is C22H26F3IN4O2. The number of likely N-dealkylation sites (N-methyl/N-ethyl adjacent to an activating group) is 1. The maximum absolute atomic E-state index is 12.9. The average molecular weight is 562 g/mol. The van der Waals surface area contributed by atoms with Gasteiger partial charge in [0.15, 0.2) is 5.96 Å². The number of benzene rings is 2. The van der Waals surface area contributed by atoms with Crippen LogP contribution in [0.15, 0.2) is 53.5 Å². The molecule has 1 aliphatic rings. The summed E-state index contributed by atoms with van der Waals surface area (Å²) in [7, 11) is 3.28. The van der Waals surface area contributed by atoms with E-state index in [0.717, 1.165) is 29.9 Å². The van der Waals surface area contributed by atoms with Crippen molar-refractivity contribution in [2.24, 2.45) is 4.99 Å². The van der Waals surface area contributed by atoms with Crippen molar-refractivity contribution < 1.29 is 22.7 Å². The van der Waals surface area contributed by atoms with Gasteiger partial charge in [-0.2, -0.15) is 13.2 Å².